The Morgan fingerprint density at radius 3 is 2.78 bits per heavy atom. The van der Waals surface area contributed by atoms with Crippen molar-refractivity contribution in [3.8, 4) is 0 Å². The number of nitrogens with one attached hydrogen (secondary N) is 1. The Morgan fingerprint density at radius 1 is 1.33 bits per heavy atom. The topological polar surface area (TPSA) is 46.4 Å². The van der Waals surface area contributed by atoms with Gasteiger partial charge in [-0.05, 0) is 40.2 Å². The van der Waals surface area contributed by atoms with E-state index < -0.39 is 0 Å². The standard InChI is InChI=1S/C13H12BrN3O/c1-17-8-4-5-10(17)9-15-16-13(18)11-6-2-3-7-12(11)14/h2-9H,1H3,(H,16,18)/b15-9-. The summed E-state index contributed by atoms with van der Waals surface area (Å²) in [6.07, 6.45) is 3.52. The van der Waals surface area contributed by atoms with Crippen LogP contribution in [0.5, 0.6) is 0 Å². The fourth-order valence-electron chi connectivity index (χ4n) is 1.47. The Hall–Kier alpha value is -1.88. The average molecular weight is 306 g/mol. The minimum absolute atomic E-state index is 0.243. The van der Waals surface area contributed by atoms with E-state index >= 15 is 0 Å². The van der Waals surface area contributed by atoms with Gasteiger partial charge in [0.05, 0.1) is 17.5 Å². The number of aryl methyl sites for hydroxylation is 1. The van der Waals surface area contributed by atoms with E-state index in [2.05, 4.69) is 26.5 Å². The minimum atomic E-state index is -0.243. The van der Waals surface area contributed by atoms with E-state index in [0.717, 1.165) is 10.2 Å². The van der Waals surface area contributed by atoms with Crippen molar-refractivity contribution in [2.75, 3.05) is 0 Å². The van der Waals surface area contributed by atoms with Crippen molar-refractivity contribution < 1.29 is 4.79 Å². The van der Waals surface area contributed by atoms with Gasteiger partial charge in [-0.3, -0.25) is 4.79 Å². The fourth-order valence-corrected chi connectivity index (χ4v) is 1.94. The van der Waals surface area contributed by atoms with Crippen molar-refractivity contribution in [2.45, 2.75) is 0 Å². The van der Waals surface area contributed by atoms with Gasteiger partial charge >= 0.3 is 0 Å². The number of nitrogens with zero attached hydrogens (tertiary/aromatic N) is 2. The molecule has 1 aromatic heterocycles. The van der Waals surface area contributed by atoms with Gasteiger partial charge in [-0.1, -0.05) is 12.1 Å². The first kappa shape index (κ1) is 12.6. The van der Waals surface area contributed by atoms with Crippen LogP contribution in [0.1, 0.15) is 16.1 Å². The highest BCUT2D eigenvalue weighted by atomic mass is 79.9. The Bertz CT molecular complexity index is 589. The highest BCUT2D eigenvalue weighted by Crippen LogP contribution is 2.15. The second-order valence-electron chi connectivity index (χ2n) is 3.72. The van der Waals surface area contributed by atoms with Gasteiger partial charge in [-0.15, -0.1) is 0 Å². The van der Waals surface area contributed by atoms with Crippen LogP contribution in [0, 0.1) is 0 Å². The molecule has 0 unspecified atom stereocenters. The van der Waals surface area contributed by atoms with E-state index in [0.29, 0.717) is 5.56 Å². The molecule has 0 saturated carbocycles. The summed E-state index contributed by atoms with van der Waals surface area (Å²) in [6.45, 7) is 0. The molecular formula is C13H12BrN3O. The third-order valence-corrected chi connectivity index (χ3v) is 3.16. The number of carbonyl (C=O) groups excluding carboxylic acids is 1. The highest BCUT2D eigenvalue weighted by molar-refractivity contribution is 9.10. The van der Waals surface area contributed by atoms with Crippen molar-refractivity contribution in [1.29, 1.82) is 0 Å². The molecule has 1 heterocycles. The molecule has 0 bridgehead atoms. The van der Waals surface area contributed by atoms with Gasteiger partial charge in [0.25, 0.3) is 5.91 Å². The monoisotopic (exact) mass is 305 g/mol. The Balaban J connectivity index is 2.03. The summed E-state index contributed by atoms with van der Waals surface area (Å²) in [5.74, 6) is -0.243. The normalized spacial score (nSPS) is 10.8. The molecule has 1 aromatic carbocycles. The average Bonchev–Trinajstić information content (AvgIpc) is 2.75. The molecule has 2 aromatic rings. The van der Waals surface area contributed by atoms with Gasteiger partial charge < -0.3 is 4.57 Å². The third kappa shape index (κ3) is 2.87. The number of carbonyl (C=O) groups is 1. The maximum Gasteiger partial charge on any atom is 0.272 e. The summed E-state index contributed by atoms with van der Waals surface area (Å²) in [6, 6.07) is 11.0. The number of amides is 1. The van der Waals surface area contributed by atoms with Crippen molar-refractivity contribution in [3.63, 3.8) is 0 Å². The fraction of sp³-hybridized carbons (Fsp3) is 0.0769. The Labute approximate surface area is 113 Å². The molecule has 5 heteroatoms. The lowest BCUT2D eigenvalue weighted by Crippen LogP contribution is -2.18. The summed E-state index contributed by atoms with van der Waals surface area (Å²) in [5.41, 5.74) is 3.97. The van der Waals surface area contributed by atoms with Crippen LogP contribution in [0.15, 0.2) is 52.2 Å². The smallest absolute Gasteiger partial charge is 0.272 e. The molecule has 0 radical (unpaired) electrons. The van der Waals surface area contributed by atoms with Crippen LogP contribution in [0.2, 0.25) is 0 Å². The second-order valence-corrected chi connectivity index (χ2v) is 4.58. The van der Waals surface area contributed by atoms with Gasteiger partial charge in [0.1, 0.15) is 0 Å². The highest BCUT2D eigenvalue weighted by Gasteiger charge is 2.07. The summed E-state index contributed by atoms with van der Waals surface area (Å²) >= 11 is 3.32. The van der Waals surface area contributed by atoms with Crippen LogP contribution in [0.25, 0.3) is 0 Å². The van der Waals surface area contributed by atoms with E-state index in [1.54, 1.807) is 18.3 Å². The molecule has 0 spiro atoms. The van der Waals surface area contributed by atoms with Gasteiger partial charge in [-0.25, -0.2) is 5.43 Å². The molecule has 0 aliphatic carbocycles. The lowest BCUT2D eigenvalue weighted by molar-refractivity contribution is 0.0954. The Morgan fingerprint density at radius 2 is 2.11 bits per heavy atom. The van der Waals surface area contributed by atoms with Gasteiger partial charge in [-0.2, -0.15) is 5.10 Å². The summed E-state index contributed by atoms with van der Waals surface area (Å²) in [7, 11) is 1.91. The first-order chi connectivity index (χ1) is 8.68. The van der Waals surface area contributed by atoms with E-state index in [1.165, 1.54) is 0 Å². The zero-order valence-electron chi connectivity index (χ0n) is 9.80. The van der Waals surface area contributed by atoms with E-state index in [9.17, 15) is 4.79 Å². The maximum atomic E-state index is 11.8. The Kier molecular flexibility index (Phi) is 3.94. The molecule has 2 rings (SSSR count). The molecule has 0 aliphatic rings. The van der Waals surface area contributed by atoms with Crippen molar-refractivity contribution in [3.05, 3.63) is 58.3 Å². The SMILES string of the molecule is Cn1cccc1/C=N\NC(=O)c1ccccc1Br. The number of aromatic nitrogens is 1. The van der Waals surface area contributed by atoms with Crippen LogP contribution >= 0.6 is 15.9 Å². The third-order valence-electron chi connectivity index (χ3n) is 2.47. The number of hydrazone groups is 1. The van der Waals surface area contributed by atoms with Crippen LogP contribution in [-0.2, 0) is 7.05 Å². The zero-order valence-corrected chi connectivity index (χ0v) is 11.4. The number of hydrogen-bond acceptors (Lipinski definition) is 2. The largest absolute Gasteiger partial charge is 0.350 e. The zero-order chi connectivity index (χ0) is 13.0. The van der Waals surface area contributed by atoms with Crippen LogP contribution < -0.4 is 5.43 Å². The van der Waals surface area contributed by atoms with Crippen molar-refractivity contribution >= 4 is 28.1 Å². The van der Waals surface area contributed by atoms with Crippen LogP contribution in [0.4, 0.5) is 0 Å². The predicted octanol–water partition coefficient (Wildman–Crippen LogP) is 2.55. The number of benzene rings is 1. The second kappa shape index (κ2) is 5.64. The molecule has 1 amide bonds. The molecule has 1 N–H and O–H groups in total. The summed E-state index contributed by atoms with van der Waals surface area (Å²) in [5, 5.41) is 3.93. The first-order valence-electron chi connectivity index (χ1n) is 5.38. The molecule has 92 valence electrons. The van der Waals surface area contributed by atoms with Crippen LogP contribution in [-0.4, -0.2) is 16.7 Å². The predicted molar refractivity (Wildman–Crippen MR) is 74.6 cm³/mol. The van der Waals surface area contributed by atoms with Crippen molar-refractivity contribution in [1.82, 2.24) is 9.99 Å². The number of hydrogen-bond donors (Lipinski definition) is 1. The lowest BCUT2D eigenvalue weighted by atomic mass is 10.2. The molecule has 0 saturated heterocycles. The van der Waals surface area contributed by atoms with E-state index in [1.807, 2.05) is 42.1 Å². The lowest BCUT2D eigenvalue weighted by Gasteiger charge is -2.02. The summed E-state index contributed by atoms with van der Waals surface area (Å²) < 4.78 is 2.66. The number of rotatable bonds is 3. The molecule has 0 fully saturated rings. The summed E-state index contributed by atoms with van der Waals surface area (Å²) in [4.78, 5) is 11.8. The van der Waals surface area contributed by atoms with Gasteiger partial charge in [0, 0.05) is 17.7 Å². The molecule has 18 heavy (non-hydrogen) atoms. The molecular weight excluding hydrogens is 294 g/mol. The minimum Gasteiger partial charge on any atom is -0.350 e. The van der Waals surface area contributed by atoms with Gasteiger partial charge in [0.15, 0.2) is 0 Å². The first-order valence-corrected chi connectivity index (χ1v) is 6.17. The quantitative estimate of drug-likeness (QED) is 0.687. The molecule has 0 atom stereocenters. The van der Waals surface area contributed by atoms with E-state index in [-0.39, 0.29) is 5.91 Å². The number of halogens is 1. The van der Waals surface area contributed by atoms with Crippen molar-refractivity contribution in [2.24, 2.45) is 12.1 Å². The molecule has 0 aliphatic heterocycles. The van der Waals surface area contributed by atoms with E-state index in [4.69, 9.17) is 0 Å². The maximum absolute atomic E-state index is 11.8. The van der Waals surface area contributed by atoms with Gasteiger partial charge in [0.2, 0.25) is 0 Å². The van der Waals surface area contributed by atoms with Crippen LogP contribution in [0.3, 0.4) is 0 Å². The molecule has 4 nitrogen and oxygen atoms in total.